The first-order valence-corrected chi connectivity index (χ1v) is 9.60. The predicted molar refractivity (Wildman–Crippen MR) is 103 cm³/mol. The van der Waals surface area contributed by atoms with Crippen molar-refractivity contribution in [1.82, 2.24) is 9.80 Å². The Morgan fingerprint density at radius 1 is 1.16 bits per heavy atom. The molecule has 2 atom stereocenters. The van der Waals surface area contributed by atoms with Gasteiger partial charge in [-0.3, -0.25) is 9.69 Å². The van der Waals surface area contributed by atoms with E-state index in [2.05, 4.69) is 54.8 Å². The van der Waals surface area contributed by atoms with Gasteiger partial charge in [0, 0.05) is 51.9 Å². The van der Waals surface area contributed by atoms with Crippen LogP contribution in [0.5, 0.6) is 0 Å². The monoisotopic (exact) mass is 346 g/mol. The molecule has 4 nitrogen and oxygen atoms in total. The second-order valence-electron chi connectivity index (χ2n) is 7.36. The Morgan fingerprint density at radius 2 is 1.84 bits per heavy atom. The number of ether oxygens (including phenoxy) is 1. The highest BCUT2D eigenvalue weighted by atomic mass is 16.5. The molecule has 0 radical (unpaired) electrons. The molecule has 0 N–H and O–H groups in total. The van der Waals surface area contributed by atoms with Crippen molar-refractivity contribution in [3.63, 3.8) is 0 Å². The minimum Gasteiger partial charge on any atom is -0.385 e. The molecule has 0 spiro atoms. The summed E-state index contributed by atoms with van der Waals surface area (Å²) in [7, 11) is 1.75. The number of piperazine rings is 1. The summed E-state index contributed by atoms with van der Waals surface area (Å²) in [4.78, 5) is 17.2. The van der Waals surface area contributed by atoms with Crippen LogP contribution >= 0.6 is 0 Å². The summed E-state index contributed by atoms with van der Waals surface area (Å²) in [6.45, 7) is 10.2. The van der Waals surface area contributed by atoms with Gasteiger partial charge in [0.1, 0.15) is 0 Å². The van der Waals surface area contributed by atoms with E-state index in [9.17, 15) is 4.79 Å². The molecule has 1 fully saturated rings. The Balaban J connectivity index is 1.78. The topological polar surface area (TPSA) is 32.8 Å². The van der Waals surface area contributed by atoms with Crippen LogP contribution in [0.25, 0.3) is 0 Å². The van der Waals surface area contributed by atoms with Crippen LogP contribution in [0.2, 0.25) is 0 Å². The SMILES string of the molecule is COCCCN1C(C)CN(C(=O)CCCc2ccccc2C)CC1C. The minimum atomic E-state index is 0.309. The molecule has 0 aliphatic carbocycles. The van der Waals surface area contributed by atoms with Crippen molar-refractivity contribution in [3.05, 3.63) is 35.4 Å². The minimum absolute atomic E-state index is 0.309. The van der Waals surface area contributed by atoms with Crippen LogP contribution in [0, 0.1) is 6.92 Å². The molecule has 1 aliphatic heterocycles. The highest BCUT2D eigenvalue weighted by Gasteiger charge is 2.30. The van der Waals surface area contributed by atoms with Crippen molar-refractivity contribution in [1.29, 1.82) is 0 Å². The fourth-order valence-electron chi connectivity index (χ4n) is 3.87. The van der Waals surface area contributed by atoms with Gasteiger partial charge in [-0.15, -0.1) is 0 Å². The predicted octanol–water partition coefficient (Wildman–Crippen LogP) is 3.28. The average molecular weight is 347 g/mol. The first-order valence-electron chi connectivity index (χ1n) is 9.60. The molecule has 0 aromatic heterocycles. The molecule has 25 heavy (non-hydrogen) atoms. The number of carbonyl (C=O) groups is 1. The number of hydrogen-bond donors (Lipinski definition) is 0. The molecular weight excluding hydrogens is 312 g/mol. The Labute approximate surface area is 153 Å². The van der Waals surface area contributed by atoms with Crippen molar-refractivity contribution in [3.8, 4) is 0 Å². The lowest BCUT2D eigenvalue weighted by Gasteiger charge is -2.44. The zero-order valence-electron chi connectivity index (χ0n) is 16.3. The maximum Gasteiger partial charge on any atom is 0.222 e. The van der Waals surface area contributed by atoms with Crippen molar-refractivity contribution in [2.24, 2.45) is 0 Å². The molecule has 2 rings (SSSR count). The lowest BCUT2D eigenvalue weighted by atomic mass is 10.0. The van der Waals surface area contributed by atoms with Crippen LogP contribution in [-0.4, -0.2) is 61.1 Å². The molecule has 4 heteroatoms. The lowest BCUT2D eigenvalue weighted by Crippen LogP contribution is -2.58. The van der Waals surface area contributed by atoms with Gasteiger partial charge in [0.05, 0.1) is 0 Å². The Morgan fingerprint density at radius 3 is 2.48 bits per heavy atom. The van der Waals surface area contributed by atoms with Gasteiger partial charge in [0.25, 0.3) is 0 Å². The summed E-state index contributed by atoms with van der Waals surface area (Å²) in [6.07, 6.45) is 3.62. The van der Waals surface area contributed by atoms with Gasteiger partial charge in [-0.25, -0.2) is 0 Å². The first-order chi connectivity index (χ1) is 12.0. The molecule has 1 saturated heterocycles. The van der Waals surface area contributed by atoms with Crippen LogP contribution in [0.4, 0.5) is 0 Å². The van der Waals surface area contributed by atoms with Gasteiger partial charge < -0.3 is 9.64 Å². The van der Waals surface area contributed by atoms with Gasteiger partial charge in [0.15, 0.2) is 0 Å². The summed E-state index contributed by atoms with van der Waals surface area (Å²) >= 11 is 0. The molecule has 0 saturated carbocycles. The van der Waals surface area contributed by atoms with E-state index in [0.717, 1.165) is 45.5 Å². The summed E-state index contributed by atoms with van der Waals surface area (Å²) in [5.74, 6) is 0.309. The third kappa shape index (κ3) is 5.82. The fourth-order valence-corrected chi connectivity index (χ4v) is 3.87. The molecule has 140 valence electrons. The normalized spacial score (nSPS) is 21.5. The van der Waals surface area contributed by atoms with E-state index in [-0.39, 0.29) is 0 Å². The molecule has 1 aliphatic rings. The van der Waals surface area contributed by atoms with Crippen molar-refractivity contribution in [2.45, 2.75) is 58.5 Å². The van der Waals surface area contributed by atoms with E-state index in [1.165, 1.54) is 11.1 Å². The fraction of sp³-hybridized carbons (Fsp3) is 0.667. The van der Waals surface area contributed by atoms with Gasteiger partial charge in [-0.2, -0.15) is 0 Å². The van der Waals surface area contributed by atoms with E-state index in [1.54, 1.807) is 7.11 Å². The molecule has 1 aromatic rings. The summed E-state index contributed by atoms with van der Waals surface area (Å²) in [5.41, 5.74) is 2.68. The highest BCUT2D eigenvalue weighted by molar-refractivity contribution is 5.76. The molecule has 1 amide bonds. The van der Waals surface area contributed by atoms with Gasteiger partial charge in [0.2, 0.25) is 5.91 Å². The Bertz CT molecular complexity index is 534. The maximum atomic E-state index is 12.6. The van der Waals surface area contributed by atoms with E-state index >= 15 is 0 Å². The average Bonchev–Trinajstić information content (AvgIpc) is 2.58. The van der Waals surface area contributed by atoms with Crippen LogP contribution in [0.1, 0.15) is 44.2 Å². The number of rotatable bonds is 8. The second kappa shape index (κ2) is 9.93. The molecule has 0 bridgehead atoms. The van der Waals surface area contributed by atoms with E-state index in [1.807, 2.05) is 0 Å². The summed E-state index contributed by atoms with van der Waals surface area (Å²) in [5, 5.41) is 0. The van der Waals surface area contributed by atoms with Gasteiger partial charge in [-0.1, -0.05) is 24.3 Å². The second-order valence-corrected chi connectivity index (χ2v) is 7.36. The van der Waals surface area contributed by atoms with Crippen LogP contribution in [-0.2, 0) is 16.0 Å². The molecule has 2 unspecified atom stereocenters. The van der Waals surface area contributed by atoms with E-state index in [0.29, 0.717) is 24.4 Å². The van der Waals surface area contributed by atoms with E-state index < -0.39 is 0 Å². The zero-order valence-corrected chi connectivity index (χ0v) is 16.3. The van der Waals surface area contributed by atoms with Crippen molar-refractivity contribution >= 4 is 5.91 Å². The molecular formula is C21H34N2O2. The molecule has 1 heterocycles. The Hall–Kier alpha value is -1.39. The van der Waals surface area contributed by atoms with Gasteiger partial charge >= 0.3 is 0 Å². The lowest BCUT2D eigenvalue weighted by molar-refractivity contribution is -0.135. The van der Waals surface area contributed by atoms with Crippen LogP contribution in [0.3, 0.4) is 0 Å². The number of benzene rings is 1. The highest BCUT2D eigenvalue weighted by Crippen LogP contribution is 2.18. The smallest absolute Gasteiger partial charge is 0.222 e. The quantitative estimate of drug-likeness (QED) is 0.677. The van der Waals surface area contributed by atoms with Crippen molar-refractivity contribution < 1.29 is 9.53 Å². The number of amides is 1. The number of nitrogens with zero attached hydrogens (tertiary/aromatic N) is 2. The van der Waals surface area contributed by atoms with Crippen molar-refractivity contribution in [2.75, 3.05) is 33.4 Å². The number of methoxy groups -OCH3 is 1. The summed E-state index contributed by atoms with van der Waals surface area (Å²) in [6, 6.07) is 9.29. The number of aryl methyl sites for hydroxylation is 2. The van der Waals surface area contributed by atoms with Crippen LogP contribution in [0.15, 0.2) is 24.3 Å². The zero-order chi connectivity index (χ0) is 18.2. The number of carbonyl (C=O) groups excluding carboxylic acids is 1. The Kier molecular flexibility index (Phi) is 7.91. The summed E-state index contributed by atoms with van der Waals surface area (Å²) < 4.78 is 5.16. The third-order valence-electron chi connectivity index (χ3n) is 5.32. The number of hydrogen-bond acceptors (Lipinski definition) is 3. The standard InChI is InChI=1S/C21H34N2O2/c1-17-9-5-6-10-20(17)11-7-12-21(24)22-15-18(2)23(19(3)16-22)13-8-14-25-4/h5-6,9-10,18-19H,7-8,11-16H2,1-4H3. The molecule has 1 aromatic carbocycles. The largest absolute Gasteiger partial charge is 0.385 e. The van der Waals surface area contributed by atoms with Gasteiger partial charge in [-0.05, 0) is 51.2 Å². The first kappa shape index (κ1) is 19.9. The third-order valence-corrected chi connectivity index (χ3v) is 5.32. The van der Waals surface area contributed by atoms with E-state index in [4.69, 9.17) is 4.74 Å². The maximum absolute atomic E-state index is 12.6. The van der Waals surface area contributed by atoms with Crippen LogP contribution < -0.4 is 0 Å².